The number of rotatable bonds is 3. The van der Waals surface area contributed by atoms with Gasteiger partial charge in [0.25, 0.3) is 0 Å². The zero-order valence-electron chi connectivity index (χ0n) is 10.8. The lowest BCUT2D eigenvalue weighted by molar-refractivity contribution is 0.171. The van der Waals surface area contributed by atoms with Crippen LogP contribution < -0.4 is 9.47 Å². The quantitative estimate of drug-likeness (QED) is 0.792. The van der Waals surface area contributed by atoms with Crippen molar-refractivity contribution in [3.63, 3.8) is 0 Å². The zero-order valence-corrected chi connectivity index (χ0v) is 11.6. The van der Waals surface area contributed by atoms with E-state index in [0.29, 0.717) is 30.9 Å². The van der Waals surface area contributed by atoms with Crippen molar-refractivity contribution in [3.8, 4) is 11.5 Å². The number of hydrogen-bond donors (Lipinski definition) is 0. The molecular weight excluding hydrogens is 279 g/mol. The Morgan fingerprint density at radius 2 is 1.80 bits per heavy atom. The van der Waals surface area contributed by atoms with Gasteiger partial charge in [0.05, 0.1) is 5.38 Å². The van der Waals surface area contributed by atoms with Gasteiger partial charge in [0, 0.05) is 0 Å². The predicted molar refractivity (Wildman–Crippen MR) is 76.1 cm³/mol. The largest absolute Gasteiger partial charge is 0.486 e. The van der Waals surface area contributed by atoms with Gasteiger partial charge in [-0.25, -0.2) is 4.39 Å². The van der Waals surface area contributed by atoms with Gasteiger partial charge in [0.15, 0.2) is 11.5 Å². The molecule has 0 saturated carbocycles. The van der Waals surface area contributed by atoms with Gasteiger partial charge in [-0.2, -0.15) is 0 Å². The maximum Gasteiger partial charge on any atom is 0.161 e. The van der Waals surface area contributed by atoms with Gasteiger partial charge in [-0.3, -0.25) is 0 Å². The van der Waals surface area contributed by atoms with Crippen molar-refractivity contribution in [2.24, 2.45) is 0 Å². The van der Waals surface area contributed by atoms with Crippen LogP contribution in [-0.2, 0) is 6.42 Å². The van der Waals surface area contributed by atoms with Crippen LogP contribution in [0.1, 0.15) is 16.5 Å². The Kier molecular flexibility index (Phi) is 3.79. The van der Waals surface area contributed by atoms with Crippen molar-refractivity contribution >= 4 is 11.6 Å². The van der Waals surface area contributed by atoms with E-state index < -0.39 is 0 Å². The van der Waals surface area contributed by atoms with Crippen molar-refractivity contribution in [3.05, 3.63) is 59.4 Å². The minimum atomic E-state index is -0.303. The lowest BCUT2D eigenvalue weighted by atomic mass is 10.0. The molecule has 4 heteroatoms. The highest BCUT2D eigenvalue weighted by molar-refractivity contribution is 6.21. The first-order valence-electron chi connectivity index (χ1n) is 6.51. The van der Waals surface area contributed by atoms with Gasteiger partial charge in [-0.15, -0.1) is 11.6 Å². The number of alkyl halides is 1. The number of hydrogen-bond acceptors (Lipinski definition) is 2. The molecule has 0 saturated heterocycles. The molecule has 0 aromatic heterocycles. The molecule has 1 aliphatic heterocycles. The third-order valence-electron chi connectivity index (χ3n) is 3.28. The van der Waals surface area contributed by atoms with E-state index >= 15 is 0 Å². The molecule has 2 nitrogen and oxygen atoms in total. The summed E-state index contributed by atoms with van der Waals surface area (Å²) in [4.78, 5) is 0. The normalized spacial score (nSPS) is 14.9. The van der Waals surface area contributed by atoms with Crippen LogP contribution >= 0.6 is 11.6 Å². The van der Waals surface area contributed by atoms with Gasteiger partial charge in [0.1, 0.15) is 19.0 Å². The summed E-state index contributed by atoms with van der Waals surface area (Å²) in [7, 11) is 0. The molecule has 0 radical (unpaired) electrons. The standard InChI is InChI=1S/C16H14ClFO2/c17-13(9-12-3-1-2-4-14(12)18)11-5-6-15-16(10-11)20-8-7-19-15/h1-6,10,13H,7-9H2. The third kappa shape index (κ3) is 2.73. The van der Waals surface area contributed by atoms with Crippen LogP contribution in [0.4, 0.5) is 4.39 Å². The van der Waals surface area contributed by atoms with Gasteiger partial charge < -0.3 is 9.47 Å². The summed E-state index contributed by atoms with van der Waals surface area (Å²) in [6.45, 7) is 1.10. The van der Waals surface area contributed by atoms with E-state index in [1.807, 2.05) is 24.3 Å². The van der Waals surface area contributed by atoms with E-state index in [1.165, 1.54) is 6.07 Å². The van der Waals surface area contributed by atoms with Crippen LogP contribution in [0, 0.1) is 5.82 Å². The fourth-order valence-electron chi connectivity index (χ4n) is 2.23. The molecule has 0 spiro atoms. The highest BCUT2D eigenvalue weighted by atomic mass is 35.5. The molecule has 1 aliphatic rings. The summed E-state index contributed by atoms with van der Waals surface area (Å²) in [6.07, 6.45) is 0.438. The highest BCUT2D eigenvalue weighted by Crippen LogP contribution is 2.35. The Morgan fingerprint density at radius 1 is 1.05 bits per heavy atom. The van der Waals surface area contributed by atoms with Crippen LogP contribution in [0.3, 0.4) is 0 Å². The topological polar surface area (TPSA) is 18.5 Å². The summed E-state index contributed by atoms with van der Waals surface area (Å²) in [6, 6.07) is 12.3. The fourth-order valence-corrected chi connectivity index (χ4v) is 2.53. The Balaban J connectivity index is 1.80. The molecule has 0 aliphatic carbocycles. The summed E-state index contributed by atoms with van der Waals surface area (Å²) in [5, 5.41) is -0.303. The summed E-state index contributed by atoms with van der Waals surface area (Å²) >= 11 is 6.39. The van der Waals surface area contributed by atoms with Crippen molar-refractivity contribution in [2.45, 2.75) is 11.8 Å². The van der Waals surface area contributed by atoms with Crippen LogP contribution in [0.25, 0.3) is 0 Å². The molecule has 0 bridgehead atoms. The number of benzene rings is 2. The molecule has 20 heavy (non-hydrogen) atoms. The van der Waals surface area contributed by atoms with E-state index in [-0.39, 0.29) is 11.2 Å². The second-order valence-corrected chi connectivity index (χ2v) is 5.19. The van der Waals surface area contributed by atoms with Crippen LogP contribution in [0.5, 0.6) is 11.5 Å². The number of fused-ring (bicyclic) bond motifs is 1. The molecule has 2 aromatic carbocycles. The smallest absolute Gasteiger partial charge is 0.161 e. The molecule has 0 amide bonds. The van der Waals surface area contributed by atoms with Crippen LogP contribution in [0.15, 0.2) is 42.5 Å². The Labute approximate surface area is 122 Å². The summed E-state index contributed by atoms with van der Waals surface area (Å²) < 4.78 is 24.6. The van der Waals surface area contributed by atoms with Gasteiger partial charge in [-0.05, 0) is 35.7 Å². The van der Waals surface area contributed by atoms with Crippen LogP contribution in [-0.4, -0.2) is 13.2 Å². The molecule has 3 rings (SSSR count). The molecule has 1 heterocycles. The number of ether oxygens (including phenoxy) is 2. The summed E-state index contributed by atoms with van der Waals surface area (Å²) in [5.41, 5.74) is 1.52. The van der Waals surface area contributed by atoms with Gasteiger partial charge in [-0.1, -0.05) is 24.3 Å². The molecule has 0 fully saturated rings. The Hall–Kier alpha value is -1.74. The first-order chi connectivity index (χ1) is 9.74. The van der Waals surface area contributed by atoms with Crippen molar-refractivity contribution < 1.29 is 13.9 Å². The van der Waals surface area contributed by atoms with E-state index in [2.05, 4.69) is 0 Å². The first-order valence-corrected chi connectivity index (χ1v) is 6.95. The Bertz CT molecular complexity index is 615. The van der Waals surface area contributed by atoms with Gasteiger partial charge in [0.2, 0.25) is 0 Å². The molecule has 104 valence electrons. The average molecular weight is 293 g/mol. The molecule has 0 N–H and O–H groups in total. The van der Waals surface area contributed by atoms with Crippen LogP contribution in [0.2, 0.25) is 0 Å². The SMILES string of the molecule is Fc1ccccc1CC(Cl)c1ccc2c(c1)OCCO2. The molecule has 2 aromatic rings. The predicted octanol–water partition coefficient (Wildman–Crippen LogP) is 4.12. The third-order valence-corrected chi connectivity index (χ3v) is 3.69. The lowest BCUT2D eigenvalue weighted by Gasteiger charge is -2.20. The first kappa shape index (κ1) is 13.3. The summed E-state index contributed by atoms with van der Waals surface area (Å²) in [5.74, 6) is 1.21. The second kappa shape index (κ2) is 5.71. The Morgan fingerprint density at radius 3 is 2.60 bits per heavy atom. The maximum absolute atomic E-state index is 13.6. The zero-order chi connectivity index (χ0) is 13.9. The maximum atomic E-state index is 13.6. The van der Waals surface area contributed by atoms with E-state index in [9.17, 15) is 4.39 Å². The lowest BCUT2D eigenvalue weighted by Crippen LogP contribution is -2.15. The highest BCUT2D eigenvalue weighted by Gasteiger charge is 2.16. The minimum absolute atomic E-state index is 0.226. The van der Waals surface area contributed by atoms with Gasteiger partial charge >= 0.3 is 0 Å². The second-order valence-electron chi connectivity index (χ2n) is 4.67. The molecule has 1 unspecified atom stereocenters. The monoisotopic (exact) mass is 292 g/mol. The molecular formula is C16H14ClFO2. The van der Waals surface area contributed by atoms with E-state index in [0.717, 1.165) is 11.3 Å². The average Bonchev–Trinajstić information content (AvgIpc) is 2.49. The number of halogens is 2. The molecule has 1 atom stereocenters. The van der Waals surface area contributed by atoms with Crippen molar-refractivity contribution in [1.82, 2.24) is 0 Å². The fraction of sp³-hybridized carbons (Fsp3) is 0.250. The van der Waals surface area contributed by atoms with E-state index in [4.69, 9.17) is 21.1 Å². The van der Waals surface area contributed by atoms with Crippen molar-refractivity contribution in [2.75, 3.05) is 13.2 Å². The van der Waals surface area contributed by atoms with Crippen molar-refractivity contribution in [1.29, 1.82) is 0 Å². The minimum Gasteiger partial charge on any atom is -0.486 e. The van der Waals surface area contributed by atoms with E-state index in [1.54, 1.807) is 12.1 Å².